The molecule has 1 N–H and O–H groups in total. The monoisotopic (exact) mass is 348 g/mol. The van der Waals surface area contributed by atoms with Gasteiger partial charge in [-0.1, -0.05) is 104 Å². The zero-order chi connectivity index (χ0) is 17.4. The van der Waals surface area contributed by atoms with Gasteiger partial charge in [0.05, 0.1) is 5.25 Å². The smallest absolute Gasteiger partial charge is 0.267 e. The van der Waals surface area contributed by atoms with Crippen LogP contribution in [0.2, 0.25) is 0 Å². The van der Waals surface area contributed by atoms with Gasteiger partial charge in [0.1, 0.15) is 0 Å². The van der Waals surface area contributed by atoms with Crippen molar-refractivity contribution in [2.24, 2.45) is 0 Å². The molecule has 1 unspecified atom stereocenters. The topological polar surface area (TPSA) is 54.4 Å². The molecule has 0 bridgehead atoms. The Labute approximate surface area is 145 Å². The van der Waals surface area contributed by atoms with Crippen LogP contribution < -0.4 is 0 Å². The molecule has 0 aliphatic carbocycles. The van der Waals surface area contributed by atoms with Crippen molar-refractivity contribution in [3.05, 3.63) is 0 Å². The third-order valence-corrected chi connectivity index (χ3v) is 5.99. The third-order valence-electron chi connectivity index (χ3n) is 4.68. The van der Waals surface area contributed by atoms with Crippen LogP contribution in [0.15, 0.2) is 0 Å². The maximum atomic E-state index is 11.5. The molecule has 0 spiro atoms. The summed E-state index contributed by atoms with van der Waals surface area (Å²) in [7, 11) is -3.87. The van der Waals surface area contributed by atoms with Crippen molar-refractivity contribution in [2.75, 3.05) is 0 Å². The highest BCUT2D eigenvalue weighted by atomic mass is 32.2. The second-order valence-corrected chi connectivity index (χ2v) is 8.65. The van der Waals surface area contributed by atoms with Crippen LogP contribution in [-0.2, 0) is 10.1 Å². The molecule has 0 saturated heterocycles. The molecule has 3 nitrogen and oxygen atoms in total. The average Bonchev–Trinajstić information content (AvgIpc) is 2.50. The van der Waals surface area contributed by atoms with Gasteiger partial charge >= 0.3 is 0 Å². The fourth-order valence-corrected chi connectivity index (χ4v) is 4.03. The minimum atomic E-state index is -3.87. The molecule has 0 amide bonds. The lowest BCUT2D eigenvalue weighted by Crippen LogP contribution is -2.20. The number of hydrogen-bond donors (Lipinski definition) is 1. The molecule has 0 aliphatic rings. The maximum absolute atomic E-state index is 11.5. The Kier molecular flexibility index (Phi) is 15.4. The molecule has 4 heteroatoms. The van der Waals surface area contributed by atoms with Crippen molar-refractivity contribution >= 4 is 10.1 Å². The van der Waals surface area contributed by atoms with Gasteiger partial charge in [-0.15, -0.1) is 0 Å². The lowest BCUT2D eigenvalue weighted by molar-refractivity contribution is 0.442. The fourth-order valence-electron chi connectivity index (χ4n) is 3.10. The molecule has 1 atom stereocenters. The van der Waals surface area contributed by atoms with E-state index in [1.807, 2.05) is 0 Å². The zero-order valence-corrected chi connectivity index (χ0v) is 16.4. The van der Waals surface area contributed by atoms with E-state index < -0.39 is 15.4 Å². The second kappa shape index (κ2) is 15.4. The Morgan fingerprint density at radius 2 is 0.913 bits per heavy atom. The van der Waals surface area contributed by atoms with Gasteiger partial charge in [0.25, 0.3) is 10.1 Å². The molecule has 0 aliphatic heterocycles. The van der Waals surface area contributed by atoms with Crippen LogP contribution in [0, 0.1) is 0 Å². The molecule has 0 saturated carbocycles. The van der Waals surface area contributed by atoms with Crippen LogP contribution in [0.1, 0.15) is 117 Å². The first-order valence-electron chi connectivity index (χ1n) is 9.98. The van der Waals surface area contributed by atoms with Crippen molar-refractivity contribution < 1.29 is 13.0 Å². The first kappa shape index (κ1) is 22.9. The molecule has 0 fully saturated rings. The first-order chi connectivity index (χ1) is 11.0. The highest BCUT2D eigenvalue weighted by Crippen LogP contribution is 2.19. The predicted octanol–water partition coefficient (Wildman–Crippen LogP) is 6.52. The first-order valence-corrected chi connectivity index (χ1v) is 11.5. The Morgan fingerprint density at radius 3 is 1.22 bits per heavy atom. The molecule has 0 aromatic heterocycles. The van der Waals surface area contributed by atoms with Gasteiger partial charge in [0.2, 0.25) is 0 Å². The molecular weight excluding hydrogens is 308 g/mol. The summed E-state index contributed by atoms with van der Waals surface area (Å²) in [5, 5.41) is -0.534. The van der Waals surface area contributed by atoms with Gasteiger partial charge in [-0.25, -0.2) is 0 Å². The SMILES string of the molecule is CCCCCCCCCCC(CCCCCCCC)S(=O)(=O)O. The third kappa shape index (κ3) is 15.2. The summed E-state index contributed by atoms with van der Waals surface area (Å²) >= 11 is 0. The van der Waals surface area contributed by atoms with E-state index in [4.69, 9.17) is 0 Å². The minimum Gasteiger partial charge on any atom is -0.285 e. The molecule has 140 valence electrons. The molecule has 23 heavy (non-hydrogen) atoms. The van der Waals surface area contributed by atoms with Crippen molar-refractivity contribution in [1.82, 2.24) is 0 Å². The van der Waals surface area contributed by atoms with Crippen LogP contribution in [0.3, 0.4) is 0 Å². The summed E-state index contributed by atoms with van der Waals surface area (Å²) < 4.78 is 32.4. The summed E-state index contributed by atoms with van der Waals surface area (Å²) in [6, 6.07) is 0. The Morgan fingerprint density at radius 1 is 0.609 bits per heavy atom. The lowest BCUT2D eigenvalue weighted by Gasteiger charge is -2.13. The van der Waals surface area contributed by atoms with Gasteiger partial charge in [-0.3, -0.25) is 4.55 Å². The standard InChI is InChI=1S/C19H40O3S/c1-3-5-7-9-11-12-14-16-18-19(23(20,21)22)17-15-13-10-8-6-4-2/h19H,3-18H2,1-2H3,(H,20,21,22). The zero-order valence-electron chi connectivity index (χ0n) is 15.6. The molecule has 0 radical (unpaired) electrons. The van der Waals surface area contributed by atoms with E-state index in [1.54, 1.807) is 0 Å². The lowest BCUT2D eigenvalue weighted by atomic mass is 10.0. The number of rotatable bonds is 17. The molecule has 0 aromatic rings. The summed E-state index contributed by atoms with van der Waals surface area (Å²) in [4.78, 5) is 0. The maximum Gasteiger partial charge on any atom is 0.267 e. The van der Waals surface area contributed by atoms with E-state index in [9.17, 15) is 13.0 Å². The summed E-state index contributed by atoms with van der Waals surface area (Å²) in [6.45, 7) is 4.41. The van der Waals surface area contributed by atoms with E-state index in [0.29, 0.717) is 12.8 Å². The minimum absolute atomic E-state index is 0.534. The van der Waals surface area contributed by atoms with Crippen LogP contribution >= 0.6 is 0 Å². The van der Waals surface area contributed by atoms with E-state index >= 15 is 0 Å². The van der Waals surface area contributed by atoms with Gasteiger partial charge in [0, 0.05) is 0 Å². The quantitative estimate of drug-likeness (QED) is 0.240. The normalized spacial score (nSPS) is 13.3. The molecule has 0 aromatic carbocycles. The van der Waals surface area contributed by atoms with E-state index in [-0.39, 0.29) is 0 Å². The van der Waals surface area contributed by atoms with Crippen molar-refractivity contribution in [1.29, 1.82) is 0 Å². The highest BCUT2D eigenvalue weighted by molar-refractivity contribution is 7.86. The fraction of sp³-hybridized carbons (Fsp3) is 1.00. The summed E-state index contributed by atoms with van der Waals surface area (Å²) in [5.41, 5.74) is 0. The molecule has 0 rings (SSSR count). The van der Waals surface area contributed by atoms with Gasteiger partial charge in [-0.2, -0.15) is 8.42 Å². The van der Waals surface area contributed by atoms with E-state index in [1.165, 1.54) is 64.2 Å². The molecule has 0 heterocycles. The number of unbranched alkanes of at least 4 members (excludes halogenated alkanes) is 12. The number of hydrogen-bond acceptors (Lipinski definition) is 2. The summed E-state index contributed by atoms with van der Waals surface area (Å²) in [5.74, 6) is 0. The van der Waals surface area contributed by atoms with Crippen LogP contribution in [0.4, 0.5) is 0 Å². The van der Waals surface area contributed by atoms with Crippen LogP contribution in [0.25, 0.3) is 0 Å². The Hall–Kier alpha value is -0.0900. The van der Waals surface area contributed by atoms with Crippen molar-refractivity contribution in [3.8, 4) is 0 Å². The Bertz CT molecular complexity index is 339. The average molecular weight is 349 g/mol. The van der Waals surface area contributed by atoms with Gasteiger partial charge < -0.3 is 0 Å². The summed E-state index contributed by atoms with van der Waals surface area (Å²) in [6.07, 6.45) is 17.9. The predicted molar refractivity (Wildman–Crippen MR) is 101 cm³/mol. The Balaban J connectivity index is 3.73. The van der Waals surface area contributed by atoms with Crippen molar-refractivity contribution in [3.63, 3.8) is 0 Å². The molecular formula is C19H40O3S. The van der Waals surface area contributed by atoms with Crippen LogP contribution in [-0.4, -0.2) is 18.2 Å². The highest BCUT2D eigenvalue weighted by Gasteiger charge is 2.21. The van der Waals surface area contributed by atoms with Gasteiger partial charge in [-0.05, 0) is 12.8 Å². The van der Waals surface area contributed by atoms with Crippen molar-refractivity contribution in [2.45, 2.75) is 122 Å². The largest absolute Gasteiger partial charge is 0.285 e. The van der Waals surface area contributed by atoms with E-state index in [2.05, 4.69) is 13.8 Å². The van der Waals surface area contributed by atoms with E-state index in [0.717, 1.165) is 25.7 Å². The second-order valence-electron chi connectivity index (χ2n) is 6.96. The van der Waals surface area contributed by atoms with Gasteiger partial charge in [0.15, 0.2) is 0 Å². The van der Waals surface area contributed by atoms with Crippen LogP contribution in [0.5, 0.6) is 0 Å².